The van der Waals surface area contributed by atoms with Gasteiger partial charge in [0.15, 0.2) is 0 Å². The van der Waals surface area contributed by atoms with Crippen LogP contribution >= 0.6 is 0 Å². The van der Waals surface area contributed by atoms with E-state index >= 15 is 0 Å². The Labute approximate surface area is 105 Å². The highest BCUT2D eigenvalue weighted by Gasteiger charge is 2.26. The van der Waals surface area contributed by atoms with Crippen molar-refractivity contribution in [3.63, 3.8) is 0 Å². The van der Waals surface area contributed by atoms with Crippen LogP contribution in [0.5, 0.6) is 0 Å². The van der Waals surface area contributed by atoms with Crippen molar-refractivity contribution in [3.8, 4) is 0 Å². The molecule has 1 fully saturated rings. The molecule has 0 spiro atoms. The van der Waals surface area contributed by atoms with Gasteiger partial charge in [0.1, 0.15) is 0 Å². The third-order valence-electron chi connectivity index (χ3n) is 3.54. The lowest BCUT2D eigenvalue weighted by molar-refractivity contribution is 0.0845. The third kappa shape index (κ3) is 5.34. The Morgan fingerprint density at radius 1 is 1.53 bits per heavy atom. The maximum atomic E-state index is 5.70. The Hall–Kier alpha value is -0.160. The van der Waals surface area contributed by atoms with E-state index in [1.807, 2.05) is 0 Å². The lowest BCUT2D eigenvalue weighted by Crippen LogP contribution is -2.38. The van der Waals surface area contributed by atoms with Crippen molar-refractivity contribution in [2.45, 2.75) is 44.8 Å². The standard InChI is InChI=1S/C13H28N2O2/c1-3-13-11(6-8-17-13)9-15-12(10-16-2)5-4-7-14/h11-13,15H,3-10,14H2,1-2H3. The summed E-state index contributed by atoms with van der Waals surface area (Å²) in [6.07, 6.45) is 4.89. The largest absolute Gasteiger partial charge is 0.383 e. The van der Waals surface area contributed by atoms with Gasteiger partial charge in [-0.15, -0.1) is 0 Å². The van der Waals surface area contributed by atoms with Crippen LogP contribution in [0.15, 0.2) is 0 Å². The summed E-state index contributed by atoms with van der Waals surface area (Å²) in [6, 6.07) is 0.432. The lowest BCUT2D eigenvalue weighted by Gasteiger charge is -2.22. The maximum absolute atomic E-state index is 5.70. The van der Waals surface area contributed by atoms with Crippen molar-refractivity contribution < 1.29 is 9.47 Å². The summed E-state index contributed by atoms with van der Waals surface area (Å²) in [4.78, 5) is 0. The molecular formula is C13H28N2O2. The predicted octanol–water partition coefficient (Wildman–Crippen LogP) is 1.15. The molecule has 0 aliphatic carbocycles. The summed E-state index contributed by atoms with van der Waals surface area (Å²) in [7, 11) is 1.75. The van der Waals surface area contributed by atoms with Crippen LogP contribution in [0.2, 0.25) is 0 Å². The smallest absolute Gasteiger partial charge is 0.0615 e. The van der Waals surface area contributed by atoms with Gasteiger partial charge >= 0.3 is 0 Å². The molecule has 0 radical (unpaired) electrons. The fourth-order valence-electron chi connectivity index (χ4n) is 2.51. The zero-order chi connectivity index (χ0) is 12.5. The van der Waals surface area contributed by atoms with Crippen molar-refractivity contribution in [1.29, 1.82) is 0 Å². The summed E-state index contributed by atoms with van der Waals surface area (Å²) in [6.45, 7) is 5.68. The molecule has 0 aromatic heterocycles. The minimum Gasteiger partial charge on any atom is -0.383 e. The first kappa shape index (κ1) is 14.9. The van der Waals surface area contributed by atoms with Gasteiger partial charge in [-0.3, -0.25) is 0 Å². The van der Waals surface area contributed by atoms with Crippen LogP contribution in [0.4, 0.5) is 0 Å². The third-order valence-corrected chi connectivity index (χ3v) is 3.54. The molecule has 0 aromatic carbocycles. The van der Waals surface area contributed by atoms with Crippen LogP contribution in [0.3, 0.4) is 0 Å². The van der Waals surface area contributed by atoms with Crippen LogP contribution in [0, 0.1) is 5.92 Å². The van der Waals surface area contributed by atoms with E-state index in [1.165, 1.54) is 6.42 Å². The average molecular weight is 244 g/mol. The molecule has 1 heterocycles. The topological polar surface area (TPSA) is 56.5 Å². The lowest BCUT2D eigenvalue weighted by atomic mass is 9.99. The van der Waals surface area contributed by atoms with Gasteiger partial charge in [0, 0.05) is 26.3 Å². The van der Waals surface area contributed by atoms with Crippen molar-refractivity contribution in [3.05, 3.63) is 0 Å². The van der Waals surface area contributed by atoms with Crippen molar-refractivity contribution >= 4 is 0 Å². The molecule has 3 N–H and O–H groups in total. The fourth-order valence-corrected chi connectivity index (χ4v) is 2.51. The average Bonchev–Trinajstić information content (AvgIpc) is 2.80. The number of nitrogens with two attached hydrogens (primary N) is 1. The van der Waals surface area contributed by atoms with Gasteiger partial charge in [-0.2, -0.15) is 0 Å². The van der Waals surface area contributed by atoms with E-state index in [-0.39, 0.29) is 0 Å². The Balaban J connectivity index is 2.24. The van der Waals surface area contributed by atoms with Crippen LogP contribution in [0.1, 0.15) is 32.6 Å². The van der Waals surface area contributed by atoms with E-state index in [2.05, 4.69) is 12.2 Å². The second-order valence-corrected chi connectivity index (χ2v) is 4.86. The minimum absolute atomic E-state index is 0.432. The van der Waals surface area contributed by atoms with Gasteiger partial charge in [-0.05, 0) is 38.1 Å². The molecule has 0 bridgehead atoms. The van der Waals surface area contributed by atoms with E-state index < -0.39 is 0 Å². The van der Waals surface area contributed by atoms with Gasteiger partial charge in [0.25, 0.3) is 0 Å². The van der Waals surface area contributed by atoms with Crippen LogP contribution < -0.4 is 11.1 Å². The van der Waals surface area contributed by atoms with Gasteiger partial charge < -0.3 is 20.5 Å². The molecule has 0 aromatic rings. The first-order valence-corrected chi connectivity index (χ1v) is 6.85. The van der Waals surface area contributed by atoms with Crippen LogP contribution in [-0.2, 0) is 9.47 Å². The Morgan fingerprint density at radius 2 is 2.35 bits per heavy atom. The molecule has 0 amide bonds. The maximum Gasteiger partial charge on any atom is 0.0615 e. The van der Waals surface area contributed by atoms with Gasteiger partial charge in [-0.25, -0.2) is 0 Å². The summed E-state index contributed by atoms with van der Waals surface area (Å²) >= 11 is 0. The van der Waals surface area contributed by atoms with E-state index in [1.54, 1.807) is 7.11 Å². The number of ether oxygens (including phenoxy) is 2. The number of methoxy groups -OCH3 is 1. The molecule has 3 atom stereocenters. The van der Waals surface area contributed by atoms with Gasteiger partial charge in [0.05, 0.1) is 12.7 Å². The number of hydrogen-bond acceptors (Lipinski definition) is 4. The Kier molecular flexibility index (Phi) is 7.77. The molecule has 17 heavy (non-hydrogen) atoms. The summed E-state index contributed by atoms with van der Waals surface area (Å²) in [5, 5.41) is 3.60. The molecule has 1 saturated heterocycles. The molecule has 102 valence electrons. The molecule has 1 rings (SSSR count). The molecule has 1 aliphatic heterocycles. The summed E-state index contributed by atoms with van der Waals surface area (Å²) in [5.41, 5.74) is 5.55. The molecular weight excluding hydrogens is 216 g/mol. The Morgan fingerprint density at radius 3 is 3.00 bits per heavy atom. The monoisotopic (exact) mass is 244 g/mol. The zero-order valence-electron chi connectivity index (χ0n) is 11.3. The second kappa shape index (κ2) is 8.86. The van der Waals surface area contributed by atoms with Crippen molar-refractivity contribution in [2.24, 2.45) is 11.7 Å². The zero-order valence-corrected chi connectivity index (χ0v) is 11.3. The highest BCUT2D eigenvalue weighted by molar-refractivity contribution is 4.79. The quantitative estimate of drug-likeness (QED) is 0.639. The van der Waals surface area contributed by atoms with Crippen molar-refractivity contribution in [2.75, 3.05) is 33.4 Å². The molecule has 3 unspecified atom stereocenters. The molecule has 4 heteroatoms. The van der Waals surface area contributed by atoms with Crippen molar-refractivity contribution in [1.82, 2.24) is 5.32 Å². The minimum atomic E-state index is 0.432. The highest BCUT2D eigenvalue weighted by atomic mass is 16.5. The summed E-state index contributed by atoms with van der Waals surface area (Å²) < 4.78 is 10.9. The fraction of sp³-hybridized carbons (Fsp3) is 1.00. The van der Waals surface area contributed by atoms with E-state index in [9.17, 15) is 0 Å². The first-order chi connectivity index (χ1) is 8.31. The SMILES string of the molecule is CCC1OCCC1CNC(CCCN)COC. The van der Waals surface area contributed by atoms with Crippen LogP contribution in [-0.4, -0.2) is 45.6 Å². The first-order valence-electron chi connectivity index (χ1n) is 6.85. The number of rotatable bonds is 9. The van der Waals surface area contributed by atoms with Gasteiger partial charge in [0.2, 0.25) is 0 Å². The van der Waals surface area contributed by atoms with E-state index in [0.29, 0.717) is 18.1 Å². The molecule has 0 saturated carbocycles. The van der Waals surface area contributed by atoms with E-state index in [4.69, 9.17) is 15.2 Å². The van der Waals surface area contributed by atoms with Gasteiger partial charge in [-0.1, -0.05) is 6.92 Å². The molecule has 4 nitrogen and oxygen atoms in total. The van der Waals surface area contributed by atoms with Crippen LogP contribution in [0.25, 0.3) is 0 Å². The predicted molar refractivity (Wildman–Crippen MR) is 70.1 cm³/mol. The normalized spacial score (nSPS) is 26.3. The number of nitrogens with one attached hydrogen (secondary N) is 1. The Bertz CT molecular complexity index is 190. The second-order valence-electron chi connectivity index (χ2n) is 4.86. The molecule has 1 aliphatic rings. The number of hydrogen-bond donors (Lipinski definition) is 2. The summed E-state index contributed by atoms with van der Waals surface area (Å²) in [5.74, 6) is 0.664. The van der Waals surface area contributed by atoms with E-state index in [0.717, 1.165) is 45.6 Å². The highest BCUT2D eigenvalue weighted by Crippen LogP contribution is 2.22.